The van der Waals surface area contributed by atoms with Gasteiger partial charge in [-0.15, -0.1) is 0 Å². The van der Waals surface area contributed by atoms with Crippen molar-refractivity contribution in [2.24, 2.45) is 0 Å². The van der Waals surface area contributed by atoms with Crippen LogP contribution in [0.1, 0.15) is 17.5 Å². The van der Waals surface area contributed by atoms with Crippen LogP contribution in [-0.4, -0.2) is 33.5 Å². The van der Waals surface area contributed by atoms with Crippen molar-refractivity contribution in [1.29, 1.82) is 5.41 Å². The molecule has 0 atom stereocenters. The second kappa shape index (κ2) is 8.68. The van der Waals surface area contributed by atoms with Crippen LogP contribution in [0.5, 0.6) is 11.5 Å². The van der Waals surface area contributed by atoms with Gasteiger partial charge in [0.1, 0.15) is 21.8 Å². The van der Waals surface area contributed by atoms with Crippen molar-refractivity contribution in [1.82, 2.24) is 10.5 Å². The van der Waals surface area contributed by atoms with E-state index in [1.54, 1.807) is 30.5 Å². The zero-order valence-electron chi connectivity index (χ0n) is 16.8. The molecule has 0 amide bonds. The maximum absolute atomic E-state index is 13.0. The van der Waals surface area contributed by atoms with E-state index >= 15 is 0 Å². The van der Waals surface area contributed by atoms with Crippen LogP contribution >= 0.6 is 0 Å². The van der Waals surface area contributed by atoms with E-state index in [9.17, 15) is 8.42 Å². The summed E-state index contributed by atoms with van der Waals surface area (Å²) in [5.74, 6) is 0.880. The lowest BCUT2D eigenvalue weighted by molar-refractivity contribution is 0.291. The lowest BCUT2D eigenvalue weighted by Gasteiger charge is -2.21. The molecule has 2 heterocycles. The number of methoxy groups -OCH3 is 1. The first-order valence-corrected chi connectivity index (χ1v) is 11.1. The fourth-order valence-corrected chi connectivity index (χ4v) is 4.73. The van der Waals surface area contributed by atoms with E-state index in [1.807, 2.05) is 6.07 Å². The summed E-state index contributed by atoms with van der Waals surface area (Å²) < 4.78 is 45.1. The fraction of sp³-hybridized carbons (Fsp3) is 0.238. The van der Waals surface area contributed by atoms with Crippen LogP contribution in [0, 0.1) is 5.41 Å². The molecule has 0 unspecified atom stereocenters. The standard InChI is InChI=1S/C21H22N4O5S/c1-28-16-7-2-3-8-18(16)31(26,27)25-21-19-17(30-24-21)12-14(13-23-10-5-9-22)15-6-4-11-29-20(15)19/h2-3,5,7-10,12,22-23H,4,6,11,13H2,1H3,(H,24,25)/b10-5-,22-9?. The number of benzene rings is 2. The van der Waals surface area contributed by atoms with Crippen LogP contribution in [0.15, 0.2) is 52.0 Å². The van der Waals surface area contributed by atoms with Gasteiger partial charge in [-0.1, -0.05) is 17.3 Å². The van der Waals surface area contributed by atoms with Gasteiger partial charge in [0.05, 0.1) is 13.7 Å². The molecule has 2 aromatic carbocycles. The first-order valence-electron chi connectivity index (χ1n) is 9.67. The molecule has 3 aromatic rings. The van der Waals surface area contributed by atoms with Crippen LogP contribution in [0.2, 0.25) is 0 Å². The van der Waals surface area contributed by atoms with Gasteiger partial charge in [-0.05, 0) is 48.9 Å². The normalized spacial score (nSPS) is 13.6. The largest absolute Gasteiger partial charge is 0.495 e. The van der Waals surface area contributed by atoms with E-state index in [0.29, 0.717) is 29.9 Å². The number of nitrogens with one attached hydrogen (secondary N) is 3. The van der Waals surface area contributed by atoms with E-state index in [0.717, 1.165) is 24.0 Å². The molecular weight excluding hydrogens is 420 g/mol. The molecule has 0 aliphatic carbocycles. The number of hydrogen-bond donors (Lipinski definition) is 3. The number of allylic oxidation sites excluding steroid dienone is 1. The van der Waals surface area contributed by atoms with E-state index < -0.39 is 10.0 Å². The third-order valence-electron chi connectivity index (χ3n) is 4.92. The second-order valence-electron chi connectivity index (χ2n) is 6.86. The summed E-state index contributed by atoms with van der Waals surface area (Å²) in [5, 5.41) is 14.6. The summed E-state index contributed by atoms with van der Waals surface area (Å²) in [5.41, 5.74) is 2.37. The Hall–Kier alpha value is -3.53. The molecule has 31 heavy (non-hydrogen) atoms. The Morgan fingerprint density at radius 2 is 2.16 bits per heavy atom. The van der Waals surface area contributed by atoms with Crippen LogP contribution in [0.25, 0.3) is 11.0 Å². The van der Waals surface area contributed by atoms with Crippen molar-refractivity contribution < 1.29 is 22.4 Å². The Labute approximate surface area is 179 Å². The van der Waals surface area contributed by atoms with Crippen molar-refractivity contribution in [3.8, 4) is 11.5 Å². The molecule has 0 fully saturated rings. The molecule has 9 nitrogen and oxygen atoms in total. The van der Waals surface area contributed by atoms with Gasteiger partial charge in [0.15, 0.2) is 11.4 Å². The highest BCUT2D eigenvalue weighted by atomic mass is 32.2. The van der Waals surface area contributed by atoms with Gasteiger partial charge in [-0.3, -0.25) is 4.72 Å². The monoisotopic (exact) mass is 442 g/mol. The average Bonchev–Trinajstić information content (AvgIpc) is 3.18. The summed E-state index contributed by atoms with van der Waals surface area (Å²) in [6.07, 6.45) is 6.10. The van der Waals surface area contributed by atoms with Crippen molar-refractivity contribution in [2.45, 2.75) is 24.3 Å². The summed E-state index contributed by atoms with van der Waals surface area (Å²) in [7, 11) is -2.56. The zero-order chi connectivity index (χ0) is 21.8. The molecule has 4 rings (SSSR count). The van der Waals surface area contributed by atoms with Gasteiger partial charge in [-0.2, -0.15) is 0 Å². The molecule has 0 bridgehead atoms. The predicted molar refractivity (Wildman–Crippen MR) is 116 cm³/mol. The molecule has 3 N–H and O–H groups in total. The highest BCUT2D eigenvalue weighted by Crippen LogP contribution is 2.41. The first-order chi connectivity index (χ1) is 15.0. The Kier molecular flexibility index (Phi) is 5.81. The maximum atomic E-state index is 13.0. The maximum Gasteiger partial charge on any atom is 0.266 e. The number of nitrogens with zero attached hydrogens (tertiary/aromatic N) is 1. The van der Waals surface area contributed by atoms with Crippen LogP contribution in [0.3, 0.4) is 0 Å². The number of aromatic nitrogens is 1. The molecular formula is C21H22N4O5S. The highest BCUT2D eigenvalue weighted by molar-refractivity contribution is 7.92. The average molecular weight is 442 g/mol. The number of ether oxygens (including phenoxy) is 2. The first kappa shape index (κ1) is 20.7. The smallest absolute Gasteiger partial charge is 0.266 e. The molecule has 1 aliphatic heterocycles. The molecule has 0 radical (unpaired) electrons. The number of fused-ring (bicyclic) bond motifs is 3. The van der Waals surface area contributed by atoms with E-state index in [-0.39, 0.29) is 16.5 Å². The lowest BCUT2D eigenvalue weighted by atomic mass is 9.97. The SMILES string of the molecule is COc1ccccc1S(=O)(=O)Nc1noc2cc(CN/C=C\C=N)c3c(c12)OCCC3. The summed E-state index contributed by atoms with van der Waals surface area (Å²) >= 11 is 0. The van der Waals surface area contributed by atoms with Gasteiger partial charge < -0.3 is 24.7 Å². The van der Waals surface area contributed by atoms with E-state index in [2.05, 4.69) is 15.2 Å². The molecule has 10 heteroatoms. The lowest BCUT2D eigenvalue weighted by Crippen LogP contribution is -2.16. The van der Waals surface area contributed by atoms with Gasteiger partial charge in [0.25, 0.3) is 10.0 Å². The van der Waals surface area contributed by atoms with Gasteiger partial charge in [0, 0.05) is 18.3 Å². The van der Waals surface area contributed by atoms with Crippen LogP contribution < -0.4 is 19.5 Å². The minimum absolute atomic E-state index is 0.00208. The Morgan fingerprint density at radius 1 is 1.32 bits per heavy atom. The molecule has 162 valence electrons. The van der Waals surface area contributed by atoms with Crippen molar-refractivity contribution in [3.05, 3.63) is 53.7 Å². The number of para-hydroxylation sites is 1. The number of sulfonamides is 1. The molecule has 0 spiro atoms. The number of rotatable bonds is 8. The highest BCUT2D eigenvalue weighted by Gasteiger charge is 2.27. The number of anilines is 1. The molecule has 0 saturated carbocycles. The summed E-state index contributed by atoms with van der Waals surface area (Å²) in [6, 6.07) is 8.19. The number of hydrogen-bond acceptors (Lipinski definition) is 8. The third kappa shape index (κ3) is 4.06. The van der Waals surface area contributed by atoms with Crippen LogP contribution in [-0.2, 0) is 23.0 Å². The van der Waals surface area contributed by atoms with Gasteiger partial charge in [-0.25, -0.2) is 8.42 Å². The Bertz CT molecular complexity index is 1250. The van der Waals surface area contributed by atoms with Crippen molar-refractivity contribution in [2.75, 3.05) is 18.4 Å². The second-order valence-corrected chi connectivity index (χ2v) is 8.51. The summed E-state index contributed by atoms with van der Waals surface area (Å²) in [4.78, 5) is 0.00208. The zero-order valence-corrected chi connectivity index (χ0v) is 17.7. The molecule has 1 aliphatic rings. The van der Waals surface area contributed by atoms with E-state index in [1.165, 1.54) is 19.4 Å². The third-order valence-corrected chi connectivity index (χ3v) is 6.30. The Balaban J connectivity index is 1.75. The minimum Gasteiger partial charge on any atom is -0.495 e. The fourth-order valence-electron chi connectivity index (χ4n) is 3.55. The van der Waals surface area contributed by atoms with Crippen molar-refractivity contribution >= 4 is 33.0 Å². The minimum atomic E-state index is -3.97. The predicted octanol–water partition coefficient (Wildman–Crippen LogP) is 3.22. The topological polar surface area (TPSA) is 127 Å². The summed E-state index contributed by atoms with van der Waals surface area (Å²) in [6.45, 7) is 1.03. The Morgan fingerprint density at radius 3 is 2.97 bits per heavy atom. The van der Waals surface area contributed by atoms with E-state index in [4.69, 9.17) is 19.4 Å². The van der Waals surface area contributed by atoms with Crippen LogP contribution in [0.4, 0.5) is 5.82 Å². The molecule has 0 saturated heterocycles. The van der Waals surface area contributed by atoms with Gasteiger partial charge >= 0.3 is 0 Å². The van der Waals surface area contributed by atoms with Gasteiger partial charge in [0.2, 0.25) is 0 Å². The quantitative estimate of drug-likeness (QED) is 0.457. The van der Waals surface area contributed by atoms with Crippen molar-refractivity contribution in [3.63, 3.8) is 0 Å². The molecule has 1 aromatic heterocycles.